The summed E-state index contributed by atoms with van der Waals surface area (Å²) in [6.45, 7) is 0. The predicted molar refractivity (Wildman–Crippen MR) is 58.2 cm³/mol. The molecule has 1 fully saturated rings. The summed E-state index contributed by atoms with van der Waals surface area (Å²) >= 11 is 0. The van der Waals surface area contributed by atoms with Crippen molar-refractivity contribution in [1.29, 1.82) is 0 Å². The van der Waals surface area contributed by atoms with Gasteiger partial charge in [0.2, 0.25) is 0 Å². The second kappa shape index (κ2) is 2.99. The minimum atomic E-state index is 0.251. The van der Waals surface area contributed by atoms with Gasteiger partial charge in [-0.15, -0.1) is 0 Å². The molecule has 74 valence electrons. The molecular weight excluding hydrogens is 172 g/mol. The number of anilines is 1. The normalized spacial score (nSPS) is 29.9. The molecule has 0 amide bonds. The number of para-hydroxylation sites is 1. The van der Waals surface area contributed by atoms with Gasteiger partial charge in [0.05, 0.1) is 6.17 Å². The molecule has 2 aliphatic heterocycles. The Balaban J connectivity index is 2.07. The van der Waals surface area contributed by atoms with E-state index in [1.807, 2.05) is 0 Å². The number of nitrogens with zero attached hydrogens (tertiary/aromatic N) is 1. The third-order valence-corrected chi connectivity index (χ3v) is 3.56. The quantitative estimate of drug-likeness (QED) is 0.673. The molecule has 3 rings (SSSR count). The van der Waals surface area contributed by atoms with Crippen LogP contribution in [-0.2, 0) is 6.42 Å². The molecule has 14 heavy (non-hydrogen) atoms. The Morgan fingerprint density at radius 1 is 1.14 bits per heavy atom. The van der Waals surface area contributed by atoms with E-state index in [1.165, 1.54) is 30.5 Å². The second-order valence-electron chi connectivity index (χ2n) is 4.37. The highest BCUT2D eigenvalue weighted by molar-refractivity contribution is 5.58. The van der Waals surface area contributed by atoms with Gasteiger partial charge >= 0.3 is 0 Å². The Bertz CT molecular complexity index is 348. The molecule has 2 heteroatoms. The molecule has 0 aromatic heterocycles. The summed E-state index contributed by atoms with van der Waals surface area (Å²) < 4.78 is 0. The number of rotatable bonds is 0. The second-order valence-corrected chi connectivity index (χ2v) is 4.37. The Labute approximate surface area is 84.7 Å². The predicted octanol–water partition coefficient (Wildman–Crippen LogP) is 1.89. The Kier molecular flexibility index (Phi) is 1.77. The lowest BCUT2D eigenvalue weighted by Gasteiger charge is -2.36. The number of benzene rings is 1. The highest BCUT2D eigenvalue weighted by Crippen LogP contribution is 2.37. The number of nitrogens with two attached hydrogens (primary N) is 1. The maximum atomic E-state index is 6.13. The van der Waals surface area contributed by atoms with Crippen molar-refractivity contribution in [2.24, 2.45) is 5.73 Å². The van der Waals surface area contributed by atoms with Gasteiger partial charge in [-0.1, -0.05) is 18.2 Å². The van der Waals surface area contributed by atoms with Crippen molar-refractivity contribution < 1.29 is 0 Å². The number of hydrogen-bond donors (Lipinski definition) is 1. The van der Waals surface area contributed by atoms with E-state index in [2.05, 4.69) is 29.2 Å². The van der Waals surface area contributed by atoms with E-state index in [0.29, 0.717) is 6.04 Å². The molecule has 0 saturated carbocycles. The molecule has 0 spiro atoms. The standard InChI is InChI=1S/C12H16N2/c13-12-8-7-10-6-5-9-3-1-2-4-11(9)14(10)12/h1-4,10,12H,5-8,13H2. The topological polar surface area (TPSA) is 29.3 Å². The van der Waals surface area contributed by atoms with Crippen LogP contribution in [0.3, 0.4) is 0 Å². The van der Waals surface area contributed by atoms with Crippen molar-refractivity contribution in [3.8, 4) is 0 Å². The summed E-state index contributed by atoms with van der Waals surface area (Å²) in [6, 6.07) is 9.40. The molecule has 1 aromatic carbocycles. The lowest BCUT2D eigenvalue weighted by atomic mass is 9.97. The lowest BCUT2D eigenvalue weighted by Crippen LogP contribution is -2.44. The van der Waals surface area contributed by atoms with Crippen LogP contribution in [0.15, 0.2) is 24.3 Å². The summed E-state index contributed by atoms with van der Waals surface area (Å²) in [7, 11) is 0. The van der Waals surface area contributed by atoms with Crippen LogP contribution in [0.1, 0.15) is 24.8 Å². The average Bonchev–Trinajstić information content (AvgIpc) is 2.61. The van der Waals surface area contributed by atoms with Crippen molar-refractivity contribution in [2.75, 3.05) is 4.90 Å². The Hall–Kier alpha value is -1.02. The molecule has 2 unspecified atom stereocenters. The van der Waals surface area contributed by atoms with Crippen molar-refractivity contribution >= 4 is 5.69 Å². The van der Waals surface area contributed by atoms with E-state index in [0.717, 1.165) is 6.42 Å². The van der Waals surface area contributed by atoms with E-state index in [4.69, 9.17) is 5.73 Å². The van der Waals surface area contributed by atoms with Crippen LogP contribution in [0.25, 0.3) is 0 Å². The monoisotopic (exact) mass is 188 g/mol. The summed E-state index contributed by atoms with van der Waals surface area (Å²) in [5.74, 6) is 0. The molecule has 1 aromatic rings. The summed E-state index contributed by atoms with van der Waals surface area (Å²) in [6.07, 6.45) is 5.19. The van der Waals surface area contributed by atoms with E-state index < -0.39 is 0 Å². The molecule has 0 bridgehead atoms. The summed E-state index contributed by atoms with van der Waals surface area (Å²) in [5.41, 5.74) is 8.99. The van der Waals surface area contributed by atoms with Gasteiger partial charge in [0, 0.05) is 11.7 Å². The first-order valence-corrected chi connectivity index (χ1v) is 5.48. The number of fused-ring (bicyclic) bond motifs is 3. The first-order chi connectivity index (χ1) is 6.86. The van der Waals surface area contributed by atoms with Crippen LogP contribution in [0.2, 0.25) is 0 Å². The Morgan fingerprint density at radius 3 is 2.93 bits per heavy atom. The van der Waals surface area contributed by atoms with Gasteiger partial charge in [-0.25, -0.2) is 0 Å². The smallest absolute Gasteiger partial charge is 0.0774 e. The van der Waals surface area contributed by atoms with E-state index in [-0.39, 0.29) is 6.17 Å². The fourth-order valence-electron chi connectivity index (χ4n) is 2.87. The zero-order chi connectivity index (χ0) is 9.54. The maximum Gasteiger partial charge on any atom is 0.0774 e. The molecule has 2 heterocycles. The van der Waals surface area contributed by atoms with Crippen LogP contribution in [0.4, 0.5) is 5.69 Å². The first kappa shape index (κ1) is 8.30. The minimum Gasteiger partial charge on any atom is -0.353 e. The van der Waals surface area contributed by atoms with Crippen molar-refractivity contribution in [3.05, 3.63) is 29.8 Å². The molecule has 0 aliphatic carbocycles. The van der Waals surface area contributed by atoms with Gasteiger partial charge in [-0.2, -0.15) is 0 Å². The van der Waals surface area contributed by atoms with Crippen molar-refractivity contribution in [1.82, 2.24) is 0 Å². The van der Waals surface area contributed by atoms with Crippen LogP contribution in [-0.4, -0.2) is 12.2 Å². The molecule has 1 saturated heterocycles. The van der Waals surface area contributed by atoms with Crippen LogP contribution in [0, 0.1) is 0 Å². The molecule has 2 aliphatic rings. The summed E-state index contributed by atoms with van der Waals surface area (Å²) in [5, 5.41) is 0. The molecule has 2 atom stereocenters. The zero-order valence-corrected chi connectivity index (χ0v) is 8.32. The summed E-state index contributed by atoms with van der Waals surface area (Å²) in [4.78, 5) is 2.43. The van der Waals surface area contributed by atoms with Gasteiger partial charge in [-0.3, -0.25) is 0 Å². The highest BCUT2D eigenvalue weighted by atomic mass is 15.3. The third kappa shape index (κ3) is 1.07. The van der Waals surface area contributed by atoms with Crippen molar-refractivity contribution in [2.45, 2.75) is 37.9 Å². The largest absolute Gasteiger partial charge is 0.353 e. The van der Waals surface area contributed by atoms with E-state index in [1.54, 1.807) is 0 Å². The van der Waals surface area contributed by atoms with Gasteiger partial charge in [0.25, 0.3) is 0 Å². The van der Waals surface area contributed by atoms with Gasteiger partial charge in [-0.05, 0) is 37.3 Å². The number of hydrogen-bond acceptors (Lipinski definition) is 2. The molecule has 2 nitrogen and oxygen atoms in total. The maximum absolute atomic E-state index is 6.13. The lowest BCUT2D eigenvalue weighted by molar-refractivity contribution is 0.566. The van der Waals surface area contributed by atoms with Crippen LogP contribution >= 0.6 is 0 Å². The molecule has 2 N–H and O–H groups in total. The molecule has 0 radical (unpaired) electrons. The fourth-order valence-corrected chi connectivity index (χ4v) is 2.87. The van der Waals surface area contributed by atoms with Crippen LogP contribution < -0.4 is 10.6 Å². The molecular formula is C12H16N2. The van der Waals surface area contributed by atoms with Gasteiger partial charge < -0.3 is 10.6 Å². The van der Waals surface area contributed by atoms with E-state index >= 15 is 0 Å². The minimum absolute atomic E-state index is 0.251. The number of aryl methyl sites for hydroxylation is 1. The van der Waals surface area contributed by atoms with Crippen molar-refractivity contribution in [3.63, 3.8) is 0 Å². The van der Waals surface area contributed by atoms with Gasteiger partial charge in [0.1, 0.15) is 0 Å². The van der Waals surface area contributed by atoms with E-state index in [9.17, 15) is 0 Å². The van der Waals surface area contributed by atoms with Gasteiger partial charge in [0.15, 0.2) is 0 Å². The fraction of sp³-hybridized carbons (Fsp3) is 0.500. The van der Waals surface area contributed by atoms with Crippen LogP contribution in [0.5, 0.6) is 0 Å². The first-order valence-electron chi connectivity index (χ1n) is 5.48. The highest BCUT2D eigenvalue weighted by Gasteiger charge is 2.34. The third-order valence-electron chi connectivity index (χ3n) is 3.56. The average molecular weight is 188 g/mol. The zero-order valence-electron chi connectivity index (χ0n) is 8.32. The SMILES string of the molecule is NC1CCC2CCc3ccccc3N12. The Morgan fingerprint density at radius 2 is 2.00 bits per heavy atom.